The summed E-state index contributed by atoms with van der Waals surface area (Å²) < 4.78 is 5.03. The Kier molecular flexibility index (Phi) is 5.13. The van der Waals surface area contributed by atoms with Crippen LogP contribution in [0.4, 0.5) is 0 Å². The van der Waals surface area contributed by atoms with Crippen LogP contribution in [0.3, 0.4) is 0 Å². The van der Waals surface area contributed by atoms with Gasteiger partial charge in [0.1, 0.15) is 22.7 Å². The number of esters is 1. The molecule has 0 spiro atoms. The summed E-state index contributed by atoms with van der Waals surface area (Å²) in [6.45, 7) is -0.403. The maximum Gasteiger partial charge on any atom is 0.349 e. The van der Waals surface area contributed by atoms with Gasteiger partial charge in [0.05, 0.1) is 0 Å². The van der Waals surface area contributed by atoms with Crippen LogP contribution in [-0.4, -0.2) is 35.2 Å². The van der Waals surface area contributed by atoms with Crippen LogP contribution in [0.15, 0.2) is 30.3 Å². The number of carbonyl (C=O) groups excluding carboxylic acids is 1. The van der Waals surface area contributed by atoms with E-state index in [0.717, 1.165) is 0 Å². The molecule has 11 heteroatoms. The van der Waals surface area contributed by atoms with Crippen LogP contribution in [0, 0.1) is 0 Å². The standard InChI is InChI=1S/C12H25N9O2/c13-6-9(14,15)11(18,19)12(20,21)10(16,17)8(22)23-7-4-2-1-3-5-7/h1-5H,6,13-21H2. The van der Waals surface area contributed by atoms with Crippen molar-refractivity contribution in [3.8, 4) is 5.75 Å². The zero-order valence-corrected chi connectivity index (χ0v) is 12.6. The zero-order chi connectivity index (χ0) is 18.1. The van der Waals surface area contributed by atoms with E-state index in [-0.39, 0.29) is 5.75 Å². The van der Waals surface area contributed by atoms with Gasteiger partial charge in [0.15, 0.2) is 5.66 Å². The van der Waals surface area contributed by atoms with E-state index in [2.05, 4.69) is 0 Å². The third-order valence-electron chi connectivity index (χ3n) is 3.77. The van der Waals surface area contributed by atoms with Crippen molar-refractivity contribution in [3.05, 3.63) is 30.3 Å². The predicted molar refractivity (Wildman–Crippen MR) is 85.6 cm³/mol. The fourth-order valence-corrected chi connectivity index (χ4v) is 1.75. The number of ether oxygens (including phenoxy) is 1. The van der Waals surface area contributed by atoms with E-state index < -0.39 is 35.2 Å². The van der Waals surface area contributed by atoms with Gasteiger partial charge in [-0.2, -0.15) is 0 Å². The molecule has 0 radical (unpaired) electrons. The summed E-state index contributed by atoms with van der Waals surface area (Å²) in [6.07, 6.45) is 0. The molecule has 0 bridgehead atoms. The summed E-state index contributed by atoms with van der Waals surface area (Å²) in [7, 11) is 0. The molecule has 11 nitrogen and oxygen atoms in total. The van der Waals surface area contributed by atoms with Gasteiger partial charge in [0.25, 0.3) is 0 Å². The summed E-state index contributed by atoms with van der Waals surface area (Å²) in [6, 6.07) is 7.97. The van der Waals surface area contributed by atoms with E-state index in [1.54, 1.807) is 18.2 Å². The minimum atomic E-state index is -2.52. The number of hydrogen-bond donors (Lipinski definition) is 9. The second kappa shape index (κ2) is 6.09. The number of carbonyl (C=O) groups is 1. The van der Waals surface area contributed by atoms with Crippen molar-refractivity contribution < 1.29 is 9.53 Å². The van der Waals surface area contributed by atoms with Crippen molar-refractivity contribution in [1.29, 1.82) is 0 Å². The first kappa shape index (κ1) is 19.4. The molecular weight excluding hydrogens is 302 g/mol. The second-order valence-corrected chi connectivity index (χ2v) is 5.55. The first-order valence-electron chi connectivity index (χ1n) is 6.59. The average molecular weight is 327 g/mol. The Balaban J connectivity index is 3.16. The minimum Gasteiger partial charge on any atom is -0.424 e. The molecule has 0 aromatic heterocycles. The predicted octanol–water partition coefficient (Wildman–Crippen LogP) is -4.99. The van der Waals surface area contributed by atoms with Crippen molar-refractivity contribution in [2.24, 2.45) is 51.6 Å². The normalized spacial score (nSPS) is 13.8. The Morgan fingerprint density at radius 3 is 1.78 bits per heavy atom. The number of para-hydroxylation sites is 1. The summed E-state index contributed by atoms with van der Waals surface area (Å²) in [4.78, 5) is 12.3. The lowest BCUT2D eigenvalue weighted by molar-refractivity contribution is -0.145. The molecular formula is C12H25N9O2. The topological polar surface area (TPSA) is 260 Å². The highest BCUT2D eigenvalue weighted by Gasteiger charge is 2.63. The van der Waals surface area contributed by atoms with Crippen LogP contribution in [0.1, 0.15) is 0 Å². The van der Waals surface area contributed by atoms with Crippen molar-refractivity contribution in [2.45, 2.75) is 22.7 Å². The molecule has 130 valence electrons. The van der Waals surface area contributed by atoms with Crippen LogP contribution in [0.5, 0.6) is 5.75 Å². The Hall–Kier alpha value is -1.67. The Labute approximate surface area is 133 Å². The summed E-state index contributed by atoms with van der Waals surface area (Å²) in [5, 5.41) is 0. The number of benzene rings is 1. The van der Waals surface area contributed by atoms with Crippen molar-refractivity contribution >= 4 is 5.97 Å². The molecule has 0 aliphatic carbocycles. The highest BCUT2D eigenvalue weighted by atomic mass is 16.5. The molecule has 0 saturated carbocycles. The maximum atomic E-state index is 12.3. The Morgan fingerprint density at radius 2 is 1.35 bits per heavy atom. The lowest BCUT2D eigenvalue weighted by Crippen LogP contribution is -2.99. The first-order valence-corrected chi connectivity index (χ1v) is 6.59. The lowest BCUT2D eigenvalue weighted by atomic mass is 9.76. The van der Waals surface area contributed by atoms with E-state index in [0.29, 0.717) is 0 Å². The van der Waals surface area contributed by atoms with Gasteiger partial charge in [-0.15, -0.1) is 0 Å². The molecule has 18 N–H and O–H groups in total. The van der Waals surface area contributed by atoms with Gasteiger partial charge in [-0.05, 0) is 12.1 Å². The van der Waals surface area contributed by atoms with Crippen LogP contribution in [0.25, 0.3) is 0 Å². The van der Waals surface area contributed by atoms with Gasteiger partial charge in [-0.3, -0.25) is 0 Å². The fourth-order valence-electron chi connectivity index (χ4n) is 1.75. The molecule has 0 aliphatic heterocycles. The van der Waals surface area contributed by atoms with Crippen LogP contribution in [0.2, 0.25) is 0 Å². The van der Waals surface area contributed by atoms with Crippen LogP contribution < -0.4 is 56.3 Å². The van der Waals surface area contributed by atoms with Crippen molar-refractivity contribution in [3.63, 3.8) is 0 Å². The fraction of sp³-hybridized carbons (Fsp3) is 0.417. The lowest BCUT2D eigenvalue weighted by Gasteiger charge is -2.53. The molecule has 1 aromatic carbocycles. The number of nitrogens with two attached hydrogens (primary N) is 9. The van der Waals surface area contributed by atoms with Gasteiger partial charge in [0.2, 0.25) is 0 Å². The molecule has 0 atom stereocenters. The van der Waals surface area contributed by atoms with E-state index in [9.17, 15) is 4.79 Å². The minimum absolute atomic E-state index is 0.166. The number of rotatable bonds is 6. The third-order valence-corrected chi connectivity index (χ3v) is 3.77. The van der Waals surface area contributed by atoms with Gasteiger partial charge in [0, 0.05) is 6.54 Å². The molecule has 1 rings (SSSR count). The maximum absolute atomic E-state index is 12.3. The Bertz CT molecular complexity index is 557. The highest BCUT2D eigenvalue weighted by Crippen LogP contribution is 2.23. The first-order chi connectivity index (χ1) is 10.3. The van der Waals surface area contributed by atoms with Crippen LogP contribution >= 0.6 is 0 Å². The SMILES string of the molecule is NCC(N)(N)C(N)(N)C(N)(N)C(N)(N)C(=O)Oc1ccccc1. The van der Waals surface area contributed by atoms with Gasteiger partial charge < -0.3 is 56.3 Å². The molecule has 0 amide bonds. The van der Waals surface area contributed by atoms with E-state index in [1.807, 2.05) is 0 Å². The zero-order valence-electron chi connectivity index (χ0n) is 12.6. The molecule has 0 unspecified atom stereocenters. The summed E-state index contributed by atoms with van der Waals surface area (Å²) in [5.74, 6) is -1.01. The summed E-state index contributed by atoms with van der Waals surface area (Å²) in [5.41, 5.74) is 42.5. The monoisotopic (exact) mass is 327 g/mol. The second-order valence-electron chi connectivity index (χ2n) is 5.55. The molecule has 1 aromatic rings. The largest absolute Gasteiger partial charge is 0.424 e. The molecule has 0 fully saturated rings. The quantitative estimate of drug-likeness (QED) is 0.135. The summed E-state index contributed by atoms with van der Waals surface area (Å²) >= 11 is 0. The van der Waals surface area contributed by atoms with Crippen molar-refractivity contribution in [1.82, 2.24) is 0 Å². The van der Waals surface area contributed by atoms with Gasteiger partial charge in [-0.1, -0.05) is 18.2 Å². The smallest absolute Gasteiger partial charge is 0.349 e. The van der Waals surface area contributed by atoms with Gasteiger partial charge >= 0.3 is 5.97 Å². The molecule has 0 aliphatic rings. The van der Waals surface area contributed by atoms with E-state index >= 15 is 0 Å². The molecule has 23 heavy (non-hydrogen) atoms. The molecule has 0 saturated heterocycles. The van der Waals surface area contributed by atoms with Crippen molar-refractivity contribution in [2.75, 3.05) is 6.54 Å². The average Bonchev–Trinajstić information content (AvgIpc) is 2.47. The van der Waals surface area contributed by atoms with E-state index in [1.165, 1.54) is 12.1 Å². The highest BCUT2D eigenvalue weighted by molar-refractivity contribution is 5.84. The number of hydrogen-bond acceptors (Lipinski definition) is 11. The van der Waals surface area contributed by atoms with Crippen LogP contribution in [-0.2, 0) is 4.79 Å². The third kappa shape index (κ3) is 3.18. The van der Waals surface area contributed by atoms with E-state index in [4.69, 9.17) is 56.3 Å². The Morgan fingerprint density at radius 1 is 0.870 bits per heavy atom. The van der Waals surface area contributed by atoms with Gasteiger partial charge in [-0.25, -0.2) is 4.79 Å². The molecule has 0 heterocycles.